The third kappa shape index (κ3) is 6.38. The summed E-state index contributed by atoms with van der Waals surface area (Å²) in [6.07, 6.45) is 0. The van der Waals surface area contributed by atoms with E-state index in [4.69, 9.17) is 0 Å². The molecule has 10 heteroatoms. The highest BCUT2D eigenvalue weighted by Gasteiger charge is 2.15. The number of anilines is 4. The summed E-state index contributed by atoms with van der Waals surface area (Å²) in [5.41, 5.74) is 4.60. The van der Waals surface area contributed by atoms with E-state index in [9.17, 15) is 9.59 Å². The van der Waals surface area contributed by atoms with Gasteiger partial charge in [0.05, 0.1) is 0 Å². The number of carbonyl (C=O) groups is 2. The second kappa shape index (κ2) is 12.7. The van der Waals surface area contributed by atoms with E-state index in [0.717, 1.165) is 37.6 Å². The number of rotatable bonds is 11. The average molecular weight is 549 g/mol. The molecule has 0 aliphatic rings. The lowest BCUT2D eigenvalue weighted by Gasteiger charge is -2.20. The maximum atomic E-state index is 12.7. The van der Waals surface area contributed by atoms with Crippen LogP contribution in [0.25, 0.3) is 11.4 Å². The Balaban J connectivity index is 1.36. The van der Waals surface area contributed by atoms with Gasteiger partial charge in [0.15, 0.2) is 10.3 Å². The quantitative estimate of drug-likeness (QED) is 0.223. The van der Waals surface area contributed by atoms with Crippen LogP contribution < -0.4 is 20.4 Å². The second-order valence-corrected chi connectivity index (χ2v) is 10.1. The summed E-state index contributed by atoms with van der Waals surface area (Å²) in [7, 11) is 0. The number of nitrogens with one attached hydrogen (secondary N) is 2. The van der Waals surface area contributed by atoms with E-state index in [1.807, 2.05) is 59.3 Å². The molecule has 0 saturated heterocycles. The SMILES string of the molecule is CCN(CC)c1ccc(C(=O)Nc2nc(-c3csc(NC(=O)c4ccc(N(CC)CC)cc4)n3)cs2)cc1. The minimum absolute atomic E-state index is 0.213. The van der Waals surface area contributed by atoms with Crippen molar-refractivity contribution in [1.82, 2.24) is 9.97 Å². The van der Waals surface area contributed by atoms with Gasteiger partial charge in [-0.25, -0.2) is 9.97 Å². The summed E-state index contributed by atoms with van der Waals surface area (Å²) >= 11 is 2.66. The molecular formula is C28H32N6O2S2. The number of benzene rings is 2. The molecule has 2 amide bonds. The molecule has 8 nitrogen and oxygen atoms in total. The van der Waals surface area contributed by atoms with Crippen molar-refractivity contribution in [3.63, 3.8) is 0 Å². The predicted molar refractivity (Wildman–Crippen MR) is 159 cm³/mol. The summed E-state index contributed by atoms with van der Waals surface area (Å²) in [6.45, 7) is 12.1. The van der Waals surface area contributed by atoms with E-state index in [2.05, 4.69) is 58.1 Å². The molecule has 4 rings (SSSR count). The van der Waals surface area contributed by atoms with Crippen LogP contribution in [-0.2, 0) is 0 Å². The van der Waals surface area contributed by atoms with Gasteiger partial charge >= 0.3 is 0 Å². The van der Waals surface area contributed by atoms with Gasteiger partial charge < -0.3 is 9.80 Å². The molecular weight excluding hydrogens is 516 g/mol. The molecule has 0 unspecified atom stereocenters. The molecule has 0 spiro atoms. The average Bonchev–Trinajstić information content (AvgIpc) is 3.60. The van der Waals surface area contributed by atoms with Gasteiger partial charge in [0.2, 0.25) is 0 Å². The van der Waals surface area contributed by atoms with Crippen LogP contribution in [0.4, 0.5) is 21.6 Å². The Morgan fingerprint density at radius 2 is 0.974 bits per heavy atom. The summed E-state index contributed by atoms with van der Waals surface area (Å²) in [5, 5.41) is 10.4. The Kier molecular flexibility index (Phi) is 9.09. The van der Waals surface area contributed by atoms with Crippen molar-refractivity contribution >= 4 is 56.1 Å². The zero-order valence-electron chi connectivity index (χ0n) is 22.0. The van der Waals surface area contributed by atoms with Crippen molar-refractivity contribution in [2.75, 3.05) is 46.6 Å². The van der Waals surface area contributed by atoms with Gasteiger partial charge in [0.1, 0.15) is 11.4 Å². The topological polar surface area (TPSA) is 90.5 Å². The van der Waals surface area contributed by atoms with Crippen LogP contribution in [-0.4, -0.2) is 48.0 Å². The van der Waals surface area contributed by atoms with Crippen molar-refractivity contribution < 1.29 is 9.59 Å². The summed E-state index contributed by atoms with van der Waals surface area (Å²) in [4.78, 5) is 38.9. The summed E-state index contributed by atoms with van der Waals surface area (Å²) in [5.74, 6) is -0.425. The van der Waals surface area contributed by atoms with Crippen LogP contribution >= 0.6 is 22.7 Å². The number of amides is 2. The molecule has 0 bridgehead atoms. The van der Waals surface area contributed by atoms with Crippen LogP contribution in [0.2, 0.25) is 0 Å². The van der Waals surface area contributed by atoms with Crippen molar-refractivity contribution in [1.29, 1.82) is 0 Å². The zero-order valence-corrected chi connectivity index (χ0v) is 23.7. The lowest BCUT2D eigenvalue weighted by atomic mass is 10.2. The minimum Gasteiger partial charge on any atom is -0.372 e. The van der Waals surface area contributed by atoms with E-state index in [1.165, 1.54) is 22.7 Å². The third-order valence-electron chi connectivity index (χ3n) is 6.23. The lowest BCUT2D eigenvalue weighted by molar-refractivity contribution is 0.101. The van der Waals surface area contributed by atoms with E-state index < -0.39 is 0 Å². The van der Waals surface area contributed by atoms with Gasteiger partial charge in [-0.3, -0.25) is 20.2 Å². The number of hydrogen-bond donors (Lipinski definition) is 2. The predicted octanol–water partition coefficient (Wildman–Crippen LogP) is 6.46. The van der Waals surface area contributed by atoms with Crippen LogP contribution in [0.3, 0.4) is 0 Å². The van der Waals surface area contributed by atoms with Crippen molar-refractivity contribution in [2.24, 2.45) is 0 Å². The minimum atomic E-state index is -0.213. The highest BCUT2D eigenvalue weighted by atomic mass is 32.1. The Labute approximate surface area is 231 Å². The fraction of sp³-hybridized carbons (Fsp3) is 0.286. The molecule has 2 aromatic carbocycles. The first-order chi connectivity index (χ1) is 18.4. The first kappa shape index (κ1) is 27.3. The second-order valence-electron chi connectivity index (χ2n) is 8.42. The van der Waals surface area contributed by atoms with Crippen molar-refractivity contribution in [3.05, 3.63) is 70.4 Å². The fourth-order valence-corrected chi connectivity index (χ4v) is 5.46. The molecule has 2 heterocycles. The van der Waals surface area contributed by atoms with Gasteiger partial charge in [-0.1, -0.05) is 0 Å². The monoisotopic (exact) mass is 548 g/mol. The first-order valence-electron chi connectivity index (χ1n) is 12.7. The van der Waals surface area contributed by atoms with Crippen molar-refractivity contribution in [3.8, 4) is 11.4 Å². The fourth-order valence-electron chi connectivity index (χ4n) is 4.06. The number of thiazole rings is 2. The maximum Gasteiger partial charge on any atom is 0.257 e. The molecule has 0 fully saturated rings. The van der Waals surface area contributed by atoms with Crippen LogP contribution in [0.15, 0.2) is 59.3 Å². The zero-order chi connectivity index (χ0) is 27.1. The van der Waals surface area contributed by atoms with Crippen LogP contribution in [0.5, 0.6) is 0 Å². The number of aromatic nitrogens is 2. The molecule has 0 aliphatic heterocycles. The molecule has 0 saturated carbocycles. The summed E-state index contributed by atoms with van der Waals surface area (Å²) < 4.78 is 0. The normalized spacial score (nSPS) is 10.7. The van der Waals surface area contributed by atoms with E-state index in [1.54, 1.807) is 0 Å². The lowest BCUT2D eigenvalue weighted by Crippen LogP contribution is -2.21. The number of nitrogens with zero attached hydrogens (tertiary/aromatic N) is 4. The van der Waals surface area contributed by atoms with Gasteiger partial charge in [-0.05, 0) is 76.2 Å². The van der Waals surface area contributed by atoms with Crippen molar-refractivity contribution in [2.45, 2.75) is 27.7 Å². The Hall–Kier alpha value is -3.76. The number of carbonyl (C=O) groups excluding carboxylic acids is 2. The molecule has 4 aromatic rings. The first-order valence-corrected chi connectivity index (χ1v) is 14.5. The van der Waals surface area contributed by atoms with E-state index >= 15 is 0 Å². The van der Waals surface area contributed by atoms with E-state index in [-0.39, 0.29) is 11.8 Å². The van der Waals surface area contributed by atoms with Gasteiger partial charge in [0.25, 0.3) is 11.8 Å². The summed E-state index contributed by atoms with van der Waals surface area (Å²) in [6, 6.07) is 15.1. The maximum absolute atomic E-state index is 12.7. The molecule has 0 radical (unpaired) electrons. The largest absolute Gasteiger partial charge is 0.372 e. The third-order valence-corrected chi connectivity index (χ3v) is 7.74. The van der Waals surface area contributed by atoms with E-state index in [0.29, 0.717) is 32.8 Å². The molecule has 198 valence electrons. The van der Waals surface area contributed by atoms with Crippen LogP contribution in [0.1, 0.15) is 48.4 Å². The van der Waals surface area contributed by atoms with Gasteiger partial charge in [-0.2, -0.15) is 0 Å². The van der Waals surface area contributed by atoms with Crippen LogP contribution in [0, 0.1) is 0 Å². The molecule has 0 aliphatic carbocycles. The Bertz CT molecular complexity index is 1250. The number of hydrogen-bond acceptors (Lipinski definition) is 8. The molecule has 2 N–H and O–H groups in total. The van der Waals surface area contributed by atoms with Gasteiger partial charge in [0, 0.05) is 59.4 Å². The Morgan fingerprint density at radius 3 is 1.29 bits per heavy atom. The smallest absolute Gasteiger partial charge is 0.257 e. The molecule has 2 aromatic heterocycles. The van der Waals surface area contributed by atoms with Gasteiger partial charge in [-0.15, -0.1) is 22.7 Å². The molecule has 38 heavy (non-hydrogen) atoms. The standard InChI is InChI=1S/C28H32N6O2S2/c1-5-33(6-2)21-13-9-19(10-14-21)25(35)31-27-29-23(17-37-27)24-18-38-28(30-24)32-26(36)20-11-15-22(16-12-20)34(7-3)8-4/h9-18H,5-8H2,1-4H3,(H,29,31,35)(H,30,32,36). The highest BCUT2D eigenvalue weighted by molar-refractivity contribution is 7.15. The molecule has 0 atom stereocenters. The Morgan fingerprint density at radius 1 is 0.632 bits per heavy atom. The highest BCUT2D eigenvalue weighted by Crippen LogP contribution is 2.29.